The van der Waals surface area contributed by atoms with Crippen LogP contribution in [0.1, 0.15) is 17.3 Å². The number of carbonyl (C=O) groups excluding carboxylic acids is 2. The minimum atomic E-state index is -0.980. The van der Waals surface area contributed by atoms with Crippen LogP contribution in [0.4, 0.5) is 5.82 Å². The van der Waals surface area contributed by atoms with Crippen molar-refractivity contribution in [1.29, 1.82) is 0 Å². The van der Waals surface area contributed by atoms with Gasteiger partial charge in [-0.3, -0.25) is 4.79 Å². The summed E-state index contributed by atoms with van der Waals surface area (Å²) in [5.74, 6) is -0.253. The van der Waals surface area contributed by atoms with Crippen molar-refractivity contribution in [2.24, 2.45) is 0 Å². The number of nitrogens with zero attached hydrogens (tertiary/aromatic N) is 1. The number of amides is 1. The molecule has 0 unspecified atom stereocenters. The highest BCUT2D eigenvalue weighted by Crippen LogP contribution is 2.15. The highest BCUT2D eigenvalue weighted by atomic mass is 35.5. The summed E-state index contributed by atoms with van der Waals surface area (Å²) in [6.07, 6.45) is 0.426. The fourth-order valence-corrected chi connectivity index (χ4v) is 1.82. The van der Waals surface area contributed by atoms with Gasteiger partial charge in [0, 0.05) is 6.20 Å². The molecule has 0 saturated heterocycles. The molecule has 1 amide bonds. The van der Waals surface area contributed by atoms with E-state index in [1.807, 2.05) is 0 Å². The summed E-state index contributed by atoms with van der Waals surface area (Å²) in [4.78, 5) is 28.0. The lowest BCUT2D eigenvalue weighted by Crippen LogP contribution is -2.30. The predicted molar refractivity (Wildman–Crippen MR) is 85.7 cm³/mol. The molecule has 1 aromatic heterocycles. The second-order valence-electron chi connectivity index (χ2n) is 4.63. The highest BCUT2D eigenvalue weighted by molar-refractivity contribution is 6.30. The molecule has 1 heterocycles. The molecule has 1 N–H and O–H groups in total. The fraction of sp³-hybridized carbons (Fsp3) is 0.188. The van der Waals surface area contributed by atoms with E-state index in [1.54, 1.807) is 30.3 Å². The van der Waals surface area contributed by atoms with Crippen LogP contribution in [0.2, 0.25) is 5.02 Å². The monoisotopic (exact) mass is 334 g/mol. The molecule has 6 nitrogen and oxygen atoms in total. The lowest BCUT2D eigenvalue weighted by molar-refractivity contribution is -0.123. The highest BCUT2D eigenvalue weighted by Gasteiger charge is 2.19. The number of esters is 1. The Balaban J connectivity index is 1.97. The fourth-order valence-electron chi connectivity index (χ4n) is 1.71. The van der Waals surface area contributed by atoms with Crippen molar-refractivity contribution in [2.75, 3.05) is 12.4 Å². The molecule has 23 heavy (non-hydrogen) atoms. The van der Waals surface area contributed by atoms with Crippen LogP contribution in [0.5, 0.6) is 5.75 Å². The number of halogens is 1. The van der Waals surface area contributed by atoms with Gasteiger partial charge in [-0.25, -0.2) is 9.78 Å². The quantitative estimate of drug-likeness (QED) is 0.851. The minimum absolute atomic E-state index is 0.300. The van der Waals surface area contributed by atoms with Gasteiger partial charge in [-0.1, -0.05) is 17.7 Å². The van der Waals surface area contributed by atoms with E-state index < -0.39 is 18.0 Å². The van der Waals surface area contributed by atoms with Gasteiger partial charge in [0.15, 0.2) is 6.10 Å². The molecule has 0 aliphatic heterocycles. The van der Waals surface area contributed by atoms with Crippen LogP contribution in [0.15, 0.2) is 42.6 Å². The Bertz CT molecular complexity index is 703. The summed E-state index contributed by atoms with van der Waals surface area (Å²) in [6.45, 7) is 1.48. The standard InChI is InChI=1S/C16H15ClN2O4/c1-10(15(20)19-14-7-6-12(17)9-18-14)23-16(21)11-4-3-5-13(8-11)22-2/h3-10H,1-2H3,(H,18,19,20)/t10-/m0/s1. The number of aromatic nitrogens is 1. The largest absolute Gasteiger partial charge is 0.497 e. The SMILES string of the molecule is COc1cccc(C(=O)O[C@@H](C)C(=O)Nc2ccc(Cl)cn2)c1. The lowest BCUT2D eigenvalue weighted by Gasteiger charge is -2.13. The van der Waals surface area contributed by atoms with E-state index in [2.05, 4.69) is 10.3 Å². The summed E-state index contributed by atoms with van der Waals surface area (Å²) in [7, 11) is 1.50. The first-order chi connectivity index (χ1) is 11.0. The summed E-state index contributed by atoms with van der Waals surface area (Å²) in [5, 5.41) is 3.00. The Morgan fingerprint density at radius 2 is 2.04 bits per heavy atom. The zero-order valence-electron chi connectivity index (χ0n) is 12.6. The van der Waals surface area contributed by atoms with Crippen LogP contribution in [0, 0.1) is 0 Å². The Labute approximate surface area is 138 Å². The van der Waals surface area contributed by atoms with E-state index in [9.17, 15) is 9.59 Å². The van der Waals surface area contributed by atoms with Crippen LogP contribution in [0.3, 0.4) is 0 Å². The number of benzene rings is 1. The van der Waals surface area contributed by atoms with Gasteiger partial charge in [0.25, 0.3) is 5.91 Å². The van der Waals surface area contributed by atoms with Gasteiger partial charge < -0.3 is 14.8 Å². The average Bonchev–Trinajstić information content (AvgIpc) is 2.56. The molecular weight excluding hydrogens is 320 g/mol. The smallest absolute Gasteiger partial charge is 0.339 e. The van der Waals surface area contributed by atoms with Crippen LogP contribution in [0.25, 0.3) is 0 Å². The molecule has 1 aromatic carbocycles. The lowest BCUT2D eigenvalue weighted by atomic mass is 10.2. The van der Waals surface area contributed by atoms with Gasteiger partial charge in [0.2, 0.25) is 0 Å². The van der Waals surface area contributed by atoms with E-state index in [4.69, 9.17) is 21.1 Å². The number of nitrogens with one attached hydrogen (secondary N) is 1. The van der Waals surface area contributed by atoms with Gasteiger partial charge in [-0.15, -0.1) is 0 Å². The zero-order chi connectivity index (χ0) is 16.8. The second-order valence-corrected chi connectivity index (χ2v) is 5.07. The Kier molecular flexibility index (Phi) is 5.54. The third-order valence-electron chi connectivity index (χ3n) is 2.94. The molecule has 0 saturated carbocycles. The van der Waals surface area contributed by atoms with Crippen molar-refractivity contribution < 1.29 is 19.1 Å². The Morgan fingerprint density at radius 3 is 2.70 bits per heavy atom. The van der Waals surface area contributed by atoms with Crippen molar-refractivity contribution in [3.8, 4) is 5.75 Å². The third-order valence-corrected chi connectivity index (χ3v) is 3.16. The molecule has 0 aliphatic rings. The van der Waals surface area contributed by atoms with E-state index in [1.165, 1.54) is 26.3 Å². The first-order valence-electron chi connectivity index (χ1n) is 6.77. The predicted octanol–water partition coefficient (Wildman–Crippen LogP) is 2.93. The number of hydrogen-bond acceptors (Lipinski definition) is 5. The molecule has 7 heteroatoms. The summed E-state index contributed by atoms with van der Waals surface area (Å²) in [5.41, 5.74) is 0.300. The maximum absolute atomic E-state index is 12.0. The first kappa shape index (κ1) is 16.8. The minimum Gasteiger partial charge on any atom is -0.497 e. The molecule has 0 bridgehead atoms. The number of rotatable bonds is 5. The molecule has 120 valence electrons. The average molecular weight is 335 g/mol. The van der Waals surface area contributed by atoms with Crippen molar-refractivity contribution in [2.45, 2.75) is 13.0 Å². The van der Waals surface area contributed by atoms with E-state index in [-0.39, 0.29) is 0 Å². The number of pyridine rings is 1. The summed E-state index contributed by atoms with van der Waals surface area (Å²) in [6, 6.07) is 9.63. The van der Waals surface area contributed by atoms with Crippen molar-refractivity contribution in [3.05, 3.63) is 53.2 Å². The Hall–Kier alpha value is -2.60. The molecule has 1 atom stereocenters. The summed E-state index contributed by atoms with van der Waals surface area (Å²) >= 11 is 5.72. The van der Waals surface area contributed by atoms with E-state index in [0.717, 1.165) is 0 Å². The number of ether oxygens (including phenoxy) is 2. The van der Waals surface area contributed by atoms with Gasteiger partial charge in [-0.05, 0) is 37.3 Å². The topological polar surface area (TPSA) is 77.5 Å². The van der Waals surface area contributed by atoms with Crippen LogP contribution >= 0.6 is 11.6 Å². The normalized spacial score (nSPS) is 11.4. The second kappa shape index (κ2) is 7.60. The zero-order valence-corrected chi connectivity index (χ0v) is 13.3. The molecule has 2 rings (SSSR count). The van der Waals surface area contributed by atoms with E-state index >= 15 is 0 Å². The first-order valence-corrected chi connectivity index (χ1v) is 7.15. The molecular formula is C16H15ClN2O4. The maximum atomic E-state index is 12.0. The van der Waals surface area contributed by atoms with Gasteiger partial charge >= 0.3 is 5.97 Å². The molecule has 0 aliphatic carbocycles. The van der Waals surface area contributed by atoms with Gasteiger partial charge in [0.1, 0.15) is 11.6 Å². The van der Waals surface area contributed by atoms with Crippen LogP contribution < -0.4 is 10.1 Å². The van der Waals surface area contributed by atoms with Gasteiger partial charge in [-0.2, -0.15) is 0 Å². The number of anilines is 1. The molecule has 0 fully saturated rings. The number of hydrogen-bond donors (Lipinski definition) is 1. The van der Waals surface area contributed by atoms with E-state index in [0.29, 0.717) is 22.2 Å². The van der Waals surface area contributed by atoms with Crippen molar-refractivity contribution >= 4 is 29.3 Å². The molecule has 2 aromatic rings. The van der Waals surface area contributed by atoms with Gasteiger partial charge in [0.05, 0.1) is 17.7 Å². The number of methoxy groups -OCH3 is 1. The number of carbonyl (C=O) groups is 2. The van der Waals surface area contributed by atoms with Crippen molar-refractivity contribution in [3.63, 3.8) is 0 Å². The van der Waals surface area contributed by atoms with Crippen molar-refractivity contribution in [1.82, 2.24) is 4.98 Å². The maximum Gasteiger partial charge on any atom is 0.339 e. The van der Waals surface area contributed by atoms with Crippen LogP contribution in [-0.2, 0) is 9.53 Å². The molecule has 0 radical (unpaired) electrons. The summed E-state index contributed by atoms with van der Waals surface area (Å²) < 4.78 is 10.2. The Morgan fingerprint density at radius 1 is 1.26 bits per heavy atom. The third kappa shape index (κ3) is 4.69. The molecule has 0 spiro atoms. The van der Waals surface area contributed by atoms with Crippen LogP contribution in [-0.4, -0.2) is 30.1 Å².